The van der Waals surface area contributed by atoms with Crippen molar-refractivity contribution in [3.8, 4) is 5.75 Å². The van der Waals surface area contributed by atoms with Crippen LogP contribution in [0.5, 0.6) is 5.75 Å². The highest BCUT2D eigenvalue weighted by molar-refractivity contribution is 5.30. The number of fused-ring (bicyclic) bond motifs is 1. The molecule has 5 nitrogen and oxygen atoms in total. The van der Waals surface area contributed by atoms with Crippen molar-refractivity contribution < 1.29 is 9.13 Å². The molecule has 25 heavy (non-hydrogen) atoms. The second-order valence-electron chi connectivity index (χ2n) is 7.51. The largest absolute Gasteiger partial charge is 0.497 e. The Bertz CT molecular complexity index is 840. The lowest BCUT2D eigenvalue weighted by molar-refractivity contribution is 0.236. The molecule has 1 aromatic heterocycles. The molecule has 0 amide bonds. The van der Waals surface area contributed by atoms with Gasteiger partial charge in [-0.25, -0.2) is 9.37 Å². The number of rotatable bonds is 3. The highest BCUT2D eigenvalue weighted by Crippen LogP contribution is 2.23. The minimum absolute atomic E-state index is 0.0536. The SMILES string of the molecule is COc1ccc(F)c(CN2CCc3c(nc(C(C)(C)C)[nH]c3=O)C2)c1. The van der Waals surface area contributed by atoms with Gasteiger partial charge in [0.15, 0.2) is 0 Å². The number of H-pyrrole nitrogens is 1. The molecule has 0 atom stereocenters. The summed E-state index contributed by atoms with van der Waals surface area (Å²) in [5.41, 5.74) is 1.85. The van der Waals surface area contributed by atoms with Crippen LogP contribution in [-0.4, -0.2) is 28.5 Å². The number of methoxy groups -OCH3 is 1. The van der Waals surface area contributed by atoms with Crippen LogP contribution in [0.2, 0.25) is 0 Å². The average molecular weight is 345 g/mol. The molecule has 3 rings (SSSR count). The van der Waals surface area contributed by atoms with Gasteiger partial charge in [-0.15, -0.1) is 0 Å². The molecular weight excluding hydrogens is 321 g/mol. The fraction of sp³-hybridized carbons (Fsp3) is 0.474. The molecule has 1 aliphatic rings. The molecule has 2 heterocycles. The van der Waals surface area contributed by atoms with E-state index in [0.29, 0.717) is 43.2 Å². The van der Waals surface area contributed by atoms with Crippen molar-refractivity contribution in [1.82, 2.24) is 14.9 Å². The number of nitrogens with one attached hydrogen (secondary N) is 1. The van der Waals surface area contributed by atoms with Crippen molar-refractivity contribution in [2.75, 3.05) is 13.7 Å². The maximum atomic E-state index is 14.1. The molecule has 0 spiro atoms. The van der Waals surface area contributed by atoms with Crippen LogP contribution in [0.25, 0.3) is 0 Å². The molecule has 0 saturated carbocycles. The zero-order valence-corrected chi connectivity index (χ0v) is 15.1. The molecule has 0 aliphatic carbocycles. The third kappa shape index (κ3) is 3.74. The summed E-state index contributed by atoms with van der Waals surface area (Å²) >= 11 is 0. The number of halogens is 1. The van der Waals surface area contributed by atoms with Crippen LogP contribution in [0.4, 0.5) is 4.39 Å². The van der Waals surface area contributed by atoms with Crippen LogP contribution >= 0.6 is 0 Å². The van der Waals surface area contributed by atoms with E-state index < -0.39 is 0 Å². The van der Waals surface area contributed by atoms with Gasteiger partial charge in [0.05, 0.1) is 12.8 Å². The van der Waals surface area contributed by atoms with Gasteiger partial charge in [0.2, 0.25) is 0 Å². The van der Waals surface area contributed by atoms with Crippen LogP contribution in [-0.2, 0) is 24.9 Å². The minimum atomic E-state index is -0.249. The zero-order valence-electron chi connectivity index (χ0n) is 15.1. The first-order valence-corrected chi connectivity index (χ1v) is 8.45. The van der Waals surface area contributed by atoms with Gasteiger partial charge in [-0.2, -0.15) is 0 Å². The number of hydrogen-bond donors (Lipinski definition) is 1. The normalized spacial score (nSPS) is 15.1. The van der Waals surface area contributed by atoms with E-state index in [2.05, 4.69) is 14.9 Å². The topological polar surface area (TPSA) is 58.2 Å². The first-order chi connectivity index (χ1) is 11.8. The summed E-state index contributed by atoms with van der Waals surface area (Å²) in [6.45, 7) is 7.75. The van der Waals surface area contributed by atoms with Crippen molar-refractivity contribution in [3.63, 3.8) is 0 Å². The van der Waals surface area contributed by atoms with E-state index in [1.165, 1.54) is 6.07 Å². The molecule has 1 N–H and O–H groups in total. The molecule has 0 radical (unpaired) electrons. The third-order valence-corrected chi connectivity index (χ3v) is 4.51. The maximum Gasteiger partial charge on any atom is 0.254 e. The molecule has 0 bridgehead atoms. The van der Waals surface area contributed by atoms with E-state index in [1.807, 2.05) is 20.8 Å². The lowest BCUT2D eigenvalue weighted by Gasteiger charge is -2.29. The van der Waals surface area contributed by atoms with Gasteiger partial charge in [-0.1, -0.05) is 20.8 Å². The number of aromatic nitrogens is 2. The quantitative estimate of drug-likeness (QED) is 0.929. The zero-order chi connectivity index (χ0) is 18.2. The Morgan fingerprint density at radius 3 is 2.80 bits per heavy atom. The Morgan fingerprint density at radius 1 is 1.36 bits per heavy atom. The lowest BCUT2D eigenvalue weighted by Crippen LogP contribution is -2.36. The van der Waals surface area contributed by atoms with Crippen LogP contribution in [0.1, 0.15) is 43.4 Å². The van der Waals surface area contributed by atoms with Crippen LogP contribution < -0.4 is 10.3 Å². The summed E-state index contributed by atoms with van der Waals surface area (Å²) in [6.07, 6.45) is 0.619. The molecule has 134 valence electrons. The predicted octanol–water partition coefficient (Wildman–Crippen LogP) is 2.77. The van der Waals surface area contributed by atoms with Gasteiger partial charge in [0, 0.05) is 36.2 Å². The van der Waals surface area contributed by atoms with Gasteiger partial charge >= 0.3 is 0 Å². The maximum absolute atomic E-state index is 14.1. The molecule has 2 aromatic rings. The number of nitrogens with zero attached hydrogens (tertiary/aromatic N) is 2. The molecule has 1 aromatic carbocycles. The van der Waals surface area contributed by atoms with E-state index >= 15 is 0 Å². The minimum Gasteiger partial charge on any atom is -0.497 e. The van der Waals surface area contributed by atoms with Gasteiger partial charge < -0.3 is 9.72 Å². The second kappa shape index (κ2) is 6.59. The van der Waals surface area contributed by atoms with Crippen LogP contribution in [0.3, 0.4) is 0 Å². The van der Waals surface area contributed by atoms with E-state index in [4.69, 9.17) is 4.74 Å². The number of benzene rings is 1. The van der Waals surface area contributed by atoms with Gasteiger partial charge in [-0.05, 0) is 24.6 Å². The van der Waals surface area contributed by atoms with Gasteiger partial charge in [-0.3, -0.25) is 9.69 Å². The summed E-state index contributed by atoms with van der Waals surface area (Å²) < 4.78 is 19.3. The molecule has 6 heteroatoms. The summed E-state index contributed by atoms with van der Waals surface area (Å²) in [4.78, 5) is 22.0. The van der Waals surface area contributed by atoms with E-state index in [9.17, 15) is 9.18 Å². The fourth-order valence-corrected chi connectivity index (χ4v) is 3.02. The Kier molecular flexibility index (Phi) is 4.64. The molecule has 0 unspecified atom stereocenters. The molecule has 0 saturated heterocycles. The third-order valence-electron chi connectivity index (χ3n) is 4.51. The molecule has 0 fully saturated rings. The Balaban J connectivity index is 1.86. The molecule has 1 aliphatic heterocycles. The van der Waals surface area contributed by atoms with Crippen LogP contribution in [0, 0.1) is 5.82 Å². The van der Waals surface area contributed by atoms with Crippen molar-refractivity contribution in [2.45, 2.75) is 45.7 Å². The summed E-state index contributed by atoms with van der Waals surface area (Å²) in [6, 6.07) is 4.75. The fourth-order valence-electron chi connectivity index (χ4n) is 3.02. The van der Waals surface area contributed by atoms with Gasteiger partial charge in [0.25, 0.3) is 5.56 Å². The summed E-state index contributed by atoms with van der Waals surface area (Å²) in [5, 5.41) is 0. The van der Waals surface area contributed by atoms with Crippen molar-refractivity contribution in [1.29, 1.82) is 0 Å². The predicted molar refractivity (Wildman–Crippen MR) is 94.3 cm³/mol. The standard InChI is InChI=1S/C19H24FN3O2/c1-19(2,3)18-21-16-11-23(8-7-14(16)17(24)22-18)10-12-9-13(25-4)5-6-15(12)20/h5-6,9H,7-8,10-11H2,1-4H3,(H,21,22,24). The highest BCUT2D eigenvalue weighted by atomic mass is 19.1. The second-order valence-corrected chi connectivity index (χ2v) is 7.51. The lowest BCUT2D eigenvalue weighted by atomic mass is 9.95. The Hall–Kier alpha value is -2.21. The van der Waals surface area contributed by atoms with E-state index in [0.717, 1.165) is 11.3 Å². The summed E-state index contributed by atoms with van der Waals surface area (Å²) in [7, 11) is 1.57. The number of ether oxygens (including phenoxy) is 1. The first kappa shape index (κ1) is 17.6. The van der Waals surface area contributed by atoms with Gasteiger partial charge in [0.1, 0.15) is 17.4 Å². The Labute approximate surface area is 146 Å². The first-order valence-electron chi connectivity index (χ1n) is 8.45. The summed E-state index contributed by atoms with van der Waals surface area (Å²) in [5.74, 6) is 1.07. The van der Waals surface area contributed by atoms with E-state index in [1.54, 1.807) is 19.2 Å². The number of hydrogen-bond acceptors (Lipinski definition) is 4. The van der Waals surface area contributed by atoms with Crippen molar-refractivity contribution >= 4 is 0 Å². The van der Waals surface area contributed by atoms with Crippen molar-refractivity contribution in [3.05, 3.63) is 57.0 Å². The monoisotopic (exact) mass is 345 g/mol. The average Bonchev–Trinajstić information content (AvgIpc) is 2.55. The molecular formula is C19H24FN3O2. The number of aromatic amines is 1. The van der Waals surface area contributed by atoms with E-state index in [-0.39, 0.29) is 16.8 Å². The van der Waals surface area contributed by atoms with Crippen LogP contribution in [0.15, 0.2) is 23.0 Å². The Morgan fingerprint density at radius 2 is 2.12 bits per heavy atom. The van der Waals surface area contributed by atoms with Crippen molar-refractivity contribution in [2.24, 2.45) is 0 Å². The highest BCUT2D eigenvalue weighted by Gasteiger charge is 2.25. The smallest absolute Gasteiger partial charge is 0.254 e.